The Kier molecular flexibility index (Phi) is 4.05. The molecule has 1 saturated carbocycles. The summed E-state index contributed by atoms with van der Waals surface area (Å²) in [5.41, 5.74) is 1.52. The minimum Gasteiger partial charge on any atom is -0.458 e. The highest BCUT2D eigenvalue weighted by molar-refractivity contribution is 5.78. The van der Waals surface area contributed by atoms with Crippen molar-refractivity contribution in [2.24, 2.45) is 0 Å². The van der Waals surface area contributed by atoms with E-state index in [9.17, 15) is 5.11 Å². The van der Waals surface area contributed by atoms with E-state index in [1.54, 1.807) is 7.11 Å². The van der Waals surface area contributed by atoms with Crippen LogP contribution in [0, 0.1) is 6.92 Å². The maximum absolute atomic E-state index is 10.9. The second-order valence-electron chi connectivity index (χ2n) is 6.28. The molecule has 0 aliphatic heterocycles. The highest BCUT2D eigenvalue weighted by atomic mass is 16.5. The van der Waals surface area contributed by atoms with Crippen LogP contribution in [0.2, 0.25) is 0 Å². The monoisotopic (exact) mass is 288 g/mol. The SMILES string of the molecule is COC1(C(O)c2cc3cc(C)ccc3o2)CCCCCC1. The molecule has 114 valence electrons. The first-order valence-electron chi connectivity index (χ1n) is 7.88. The lowest BCUT2D eigenvalue weighted by molar-refractivity contribution is -0.120. The first kappa shape index (κ1) is 14.6. The van der Waals surface area contributed by atoms with Crippen molar-refractivity contribution in [3.63, 3.8) is 0 Å². The number of ether oxygens (including phenoxy) is 1. The highest BCUT2D eigenvalue weighted by Crippen LogP contribution is 2.41. The van der Waals surface area contributed by atoms with Gasteiger partial charge in [-0.15, -0.1) is 0 Å². The Balaban J connectivity index is 1.95. The number of methoxy groups -OCH3 is 1. The molecule has 3 nitrogen and oxygen atoms in total. The van der Waals surface area contributed by atoms with Crippen molar-refractivity contribution in [1.82, 2.24) is 0 Å². The summed E-state index contributed by atoms with van der Waals surface area (Å²) in [5.74, 6) is 0.624. The molecule has 2 aromatic rings. The molecule has 0 amide bonds. The number of aryl methyl sites for hydroxylation is 1. The summed E-state index contributed by atoms with van der Waals surface area (Å²) in [6.45, 7) is 2.06. The van der Waals surface area contributed by atoms with Crippen molar-refractivity contribution in [3.8, 4) is 0 Å². The fraction of sp³-hybridized carbons (Fsp3) is 0.556. The zero-order valence-electron chi connectivity index (χ0n) is 12.9. The number of furan rings is 1. The van der Waals surface area contributed by atoms with E-state index in [2.05, 4.69) is 13.0 Å². The smallest absolute Gasteiger partial charge is 0.140 e. The van der Waals surface area contributed by atoms with Gasteiger partial charge in [-0.25, -0.2) is 0 Å². The average Bonchev–Trinajstić information content (AvgIpc) is 2.75. The quantitative estimate of drug-likeness (QED) is 0.845. The molecule has 21 heavy (non-hydrogen) atoms. The Morgan fingerprint density at radius 2 is 1.86 bits per heavy atom. The van der Waals surface area contributed by atoms with Crippen LogP contribution in [-0.2, 0) is 4.74 Å². The predicted molar refractivity (Wildman–Crippen MR) is 83.4 cm³/mol. The first-order chi connectivity index (χ1) is 10.1. The van der Waals surface area contributed by atoms with Gasteiger partial charge in [-0.2, -0.15) is 0 Å². The zero-order chi connectivity index (χ0) is 14.9. The van der Waals surface area contributed by atoms with Gasteiger partial charge >= 0.3 is 0 Å². The largest absolute Gasteiger partial charge is 0.458 e. The molecule has 1 heterocycles. The summed E-state index contributed by atoms with van der Waals surface area (Å²) in [7, 11) is 1.71. The van der Waals surface area contributed by atoms with Gasteiger partial charge < -0.3 is 14.3 Å². The molecule has 0 saturated heterocycles. The van der Waals surface area contributed by atoms with Crippen molar-refractivity contribution in [3.05, 3.63) is 35.6 Å². The lowest BCUT2D eigenvalue weighted by Gasteiger charge is -2.35. The van der Waals surface area contributed by atoms with Gasteiger partial charge in [0.25, 0.3) is 0 Å². The van der Waals surface area contributed by atoms with E-state index in [0.29, 0.717) is 5.76 Å². The lowest BCUT2D eigenvalue weighted by Crippen LogP contribution is -2.38. The van der Waals surface area contributed by atoms with Gasteiger partial charge in [0.15, 0.2) is 0 Å². The fourth-order valence-electron chi connectivity index (χ4n) is 3.49. The molecule has 3 rings (SSSR count). The van der Waals surface area contributed by atoms with E-state index in [4.69, 9.17) is 9.15 Å². The Morgan fingerprint density at radius 1 is 1.14 bits per heavy atom. The van der Waals surface area contributed by atoms with E-state index < -0.39 is 11.7 Å². The minimum absolute atomic E-state index is 0.501. The Labute approximate surface area is 125 Å². The van der Waals surface area contributed by atoms with Crippen LogP contribution in [0.4, 0.5) is 0 Å². The molecular formula is C18H24O3. The van der Waals surface area contributed by atoms with Crippen LogP contribution >= 0.6 is 0 Å². The average molecular weight is 288 g/mol. The van der Waals surface area contributed by atoms with Crippen molar-refractivity contribution < 1.29 is 14.3 Å². The molecule has 0 bridgehead atoms. The van der Waals surface area contributed by atoms with Gasteiger partial charge in [-0.05, 0) is 38.0 Å². The van der Waals surface area contributed by atoms with Crippen molar-refractivity contribution in [1.29, 1.82) is 0 Å². The third-order valence-corrected chi connectivity index (χ3v) is 4.82. The third kappa shape index (κ3) is 2.72. The second kappa shape index (κ2) is 5.82. The van der Waals surface area contributed by atoms with Crippen LogP contribution in [0.3, 0.4) is 0 Å². The number of aliphatic hydroxyl groups excluding tert-OH is 1. The van der Waals surface area contributed by atoms with E-state index in [1.807, 2.05) is 18.2 Å². The molecule has 1 atom stereocenters. The zero-order valence-corrected chi connectivity index (χ0v) is 12.9. The van der Waals surface area contributed by atoms with Crippen LogP contribution in [0.5, 0.6) is 0 Å². The van der Waals surface area contributed by atoms with Crippen molar-refractivity contribution in [2.75, 3.05) is 7.11 Å². The standard InChI is InChI=1S/C18H24O3/c1-13-7-8-15-14(11-13)12-16(21-15)17(19)18(20-2)9-5-3-4-6-10-18/h7-8,11-12,17,19H,3-6,9-10H2,1-2H3. The van der Waals surface area contributed by atoms with Crippen molar-refractivity contribution >= 4 is 11.0 Å². The van der Waals surface area contributed by atoms with Crippen LogP contribution in [0.1, 0.15) is 56.0 Å². The summed E-state index contributed by atoms with van der Waals surface area (Å²) in [5, 5.41) is 11.9. The number of hydrogen-bond donors (Lipinski definition) is 1. The number of fused-ring (bicyclic) bond motifs is 1. The number of benzene rings is 1. The normalized spacial score (nSPS) is 20.3. The summed E-state index contributed by atoms with van der Waals surface area (Å²) in [4.78, 5) is 0. The maximum Gasteiger partial charge on any atom is 0.140 e. The van der Waals surface area contributed by atoms with E-state index in [1.165, 1.54) is 18.4 Å². The van der Waals surface area contributed by atoms with Gasteiger partial charge in [-0.3, -0.25) is 0 Å². The number of aliphatic hydroxyl groups is 1. The molecule has 1 aromatic heterocycles. The van der Waals surface area contributed by atoms with Crippen LogP contribution in [-0.4, -0.2) is 17.8 Å². The Hall–Kier alpha value is -1.32. The number of rotatable bonds is 3. The minimum atomic E-state index is -0.701. The molecule has 0 spiro atoms. The van der Waals surface area contributed by atoms with Gasteiger partial charge in [-0.1, -0.05) is 37.3 Å². The van der Waals surface area contributed by atoms with E-state index >= 15 is 0 Å². The lowest BCUT2D eigenvalue weighted by atomic mass is 9.86. The summed E-state index contributed by atoms with van der Waals surface area (Å²) in [6.07, 6.45) is 5.72. The third-order valence-electron chi connectivity index (χ3n) is 4.82. The van der Waals surface area contributed by atoms with Gasteiger partial charge in [0.1, 0.15) is 23.0 Å². The molecule has 3 heteroatoms. The highest BCUT2D eigenvalue weighted by Gasteiger charge is 2.40. The molecule has 1 aliphatic carbocycles. The molecule has 0 radical (unpaired) electrons. The maximum atomic E-state index is 10.9. The molecule has 1 aliphatic rings. The number of hydrogen-bond acceptors (Lipinski definition) is 3. The predicted octanol–water partition coefficient (Wildman–Crippen LogP) is 4.51. The van der Waals surface area contributed by atoms with Gasteiger partial charge in [0, 0.05) is 12.5 Å². The topological polar surface area (TPSA) is 42.6 Å². The molecule has 1 unspecified atom stereocenters. The molecule has 1 N–H and O–H groups in total. The fourth-order valence-corrected chi connectivity index (χ4v) is 3.49. The van der Waals surface area contributed by atoms with Crippen LogP contribution in [0.25, 0.3) is 11.0 Å². The Morgan fingerprint density at radius 3 is 2.52 bits per heavy atom. The molecular weight excluding hydrogens is 264 g/mol. The first-order valence-corrected chi connectivity index (χ1v) is 7.88. The summed E-state index contributed by atoms with van der Waals surface area (Å²) in [6, 6.07) is 8.04. The summed E-state index contributed by atoms with van der Waals surface area (Å²) < 4.78 is 11.7. The van der Waals surface area contributed by atoms with Crippen LogP contribution < -0.4 is 0 Å². The van der Waals surface area contributed by atoms with E-state index in [0.717, 1.165) is 36.7 Å². The van der Waals surface area contributed by atoms with Crippen molar-refractivity contribution in [2.45, 2.75) is 57.2 Å². The Bertz CT molecular complexity index is 606. The second-order valence-corrected chi connectivity index (χ2v) is 6.28. The molecule has 1 aromatic carbocycles. The van der Waals surface area contributed by atoms with E-state index in [-0.39, 0.29) is 0 Å². The molecule has 1 fully saturated rings. The van der Waals surface area contributed by atoms with Crippen LogP contribution in [0.15, 0.2) is 28.7 Å². The van der Waals surface area contributed by atoms with Gasteiger partial charge in [0.05, 0.1) is 0 Å². The van der Waals surface area contributed by atoms with Gasteiger partial charge in [0.2, 0.25) is 0 Å². The summed E-state index contributed by atoms with van der Waals surface area (Å²) >= 11 is 0.